The average molecular weight is 543 g/mol. The Morgan fingerprint density at radius 2 is 1.72 bits per heavy atom. The molecule has 3 nitrogen and oxygen atoms in total. The van der Waals surface area contributed by atoms with E-state index in [0.717, 1.165) is 45.5 Å². The number of carbonyl (C=O) groups excluding carboxylic acids is 1. The molecule has 156 valence electrons. The van der Waals surface area contributed by atoms with E-state index in [4.69, 9.17) is 11.6 Å². The van der Waals surface area contributed by atoms with E-state index in [2.05, 4.69) is 62.1 Å². The molecule has 0 radical (unpaired) electrons. The smallest absolute Gasteiger partial charge is 0.224 e. The number of nitrogens with zero attached hydrogens (tertiary/aromatic N) is 1. The Balaban J connectivity index is 1.85. The summed E-state index contributed by atoms with van der Waals surface area (Å²) in [5, 5.41) is 3.96. The summed E-state index contributed by atoms with van der Waals surface area (Å²) in [6.45, 7) is 6.03. The number of benzene rings is 2. The molecule has 1 aliphatic rings. The zero-order valence-corrected chi connectivity index (χ0v) is 20.9. The molecule has 3 rings (SSSR count). The molecule has 29 heavy (non-hydrogen) atoms. The predicted octanol–water partition coefficient (Wildman–Crippen LogP) is 6.34. The summed E-state index contributed by atoms with van der Waals surface area (Å²) < 4.78 is 1.98. The SMILES string of the molecule is CC(NC(=O)C(C)C1(c2cccc(Cl)c2)CCN(C)CC1)c1cc(Br)cc(Br)c1. The van der Waals surface area contributed by atoms with Crippen LogP contribution in [0.4, 0.5) is 0 Å². The molecule has 2 aromatic rings. The third kappa shape index (κ3) is 5.25. The second-order valence-corrected chi connectivity index (χ2v) is 10.4. The molecule has 2 atom stereocenters. The van der Waals surface area contributed by atoms with Crippen molar-refractivity contribution in [3.8, 4) is 0 Å². The van der Waals surface area contributed by atoms with Crippen LogP contribution in [0.2, 0.25) is 5.02 Å². The van der Waals surface area contributed by atoms with Crippen molar-refractivity contribution >= 4 is 49.4 Å². The Hall–Kier alpha value is -0.880. The molecule has 1 amide bonds. The molecule has 2 unspecified atom stereocenters. The average Bonchev–Trinajstić information content (AvgIpc) is 2.67. The van der Waals surface area contributed by atoms with Crippen LogP contribution in [0.25, 0.3) is 0 Å². The largest absolute Gasteiger partial charge is 0.349 e. The first-order chi connectivity index (χ1) is 13.7. The van der Waals surface area contributed by atoms with Gasteiger partial charge in [-0.25, -0.2) is 0 Å². The van der Waals surface area contributed by atoms with Crippen molar-refractivity contribution in [2.75, 3.05) is 20.1 Å². The van der Waals surface area contributed by atoms with Gasteiger partial charge in [0.15, 0.2) is 0 Å². The number of likely N-dealkylation sites (tertiary alicyclic amines) is 1. The predicted molar refractivity (Wildman–Crippen MR) is 127 cm³/mol. The molecule has 0 aromatic heterocycles. The first-order valence-electron chi connectivity index (χ1n) is 9.92. The van der Waals surface area contributed by atoms with Crippen LogP contribution < -0.4 is 5.32 Å². The summed E-state index contributed by atoms with van der Waals surface area (Å²) in [5.74, 6) is -0.0779. The number of amides is 1. The fourth-order valence-corrected chi connectivity index (χ4v) is 5.80. The van der Waals surface area contributed by atoms with Gasteiger partial charge in [0.1, 0.15) is 0 Å². The second-order valence-electron chi connectivity index (χ2n) is 8.12. The fraction of sp³-hybridized carbons (Fsp3) is 0.435. The van der Waals surface area contributed by atoms with Gasteiger partial charge in [-0.05, 0) is 81.4 Å². The van der Waals surface area contributed by atoms with E-state index in [-0.39, 0.29) is 23.3 Å². The Morgan fingerprint density at radius 3 is 2.31 bits per heavy atom. The third-order valence-corrected chi connectivity index (χ3v) is 7.40. The minimum atomic E-state index is -0.209. The van der Waals surface area contributed by atoms with Gasteiger partial charge in [0.2, 0.25) is 5.91 Å². The van der Waals surface area contributed by atoms with E-state index in [1.165, 1.54) is 5.56 Å². The van der Waals surface area contributed by atoms with E-state index >= 15 is 0 Å². The molecular weight excluding hydrogens is 516 g/mol. The lowest BCUT2D eigenvalue weighted by molar-refractivity contribution is -0.128. The van der Waals surface area contributed by atoms with Crippen LogP contribution in [0.1, 0.15) is 43.9 Å². The van der Waals surface area contributed by atoms with Crippen LogP contribution in [0.5, 0.6) is 0 Å². The molecule has 1 aliphatic heterocycles. The van der Waals surface area contributed by atoms with Crippen molar-refractivity contribution in [2.45, 2.75) is 38.1 Å². The highest BCUT2D eigenvalue weighted by Crippen LogP contribution is 2.43. The van der Waals surface area contributed by atoms with Gasteiger partial charge < -0.3 is 10.2 Å². The Labute approximate surface area is 195 Å². The van der Waals surface area contributed by atoms with Crippen molar-refractivity contribution in [2.24, 2.45) is 5.92 Å². The van der Waals surface area contributed by atoms with Gasteiger partial charge in [-0.1, -0.05) is 62.5 Å². The van der Waals surface area contributed by atoms with Crippen molar-refractivity contribution in [3.05, 3.63) is 67.6 Å². The van der Waals surface area contributed by atoms with Gasteiger partial charge in [-0.15, -0.1) is 0 Å². The number of nitrogens with one attached hydrogen (secondary N) is 1. The maximum absolute atomic E-state index is 13.4. The van der Waals surface area contributed by atoms with E-state index in [1.807, 2.05) is 43.3 Å². The van der Waals surface area contributed by atoms with Crippen molar-refractivity contribution in [1.82, 2.24) is 10.2 Å². The van der Waals surface area contributed by atoms with Crippen molar-refractivity contribution in [1.29, 1.82) is 0 Å². The standard InChI is InChI=1S/C23H27Br2ClN2O/c1-15(22(29)27-16(2)17-11-19(24)14-20(25)12-17)23(7-9-28(3)10-8-23)18-5-4-6-21(26)13-18/h4-6,11-16H,7-10H2,1-3H3,(H,27,29). The molecular formula is C23H27Br2ClN2O. The number of halogens is 3. The molecule has 1 fully saturated rings. The van der Waals surface area contributed by atoms with Gasteiger partial charge in [0, 0.05) is 25.3 Å². The Morgan fingerprint density at radius 1 is 1.10 bits per heavy atom. The topological polar surface area (TPSA) is 32.3 Å². The lowest BCUT2D eigenvalue weighted by atomic mass is 9.64. The normalized spacial score (nSPS) is 18.8. The minimum Gasteiger partial charge on any atom is -0.349 e. The van der Waals surface area contributed by atoms with Crippen molar-refractivity contribution in [3.63, 3.8) is 0 Å². The summed E-state index contributed by atoms with van der Waals surface area (Å²) in [6, 6.07) is 14.0. The van der Waals surface area contributed by atoms with Gasteiger partial charge in [-0.2, -0.15) is 0 Å². The zero-order valence-electron chi connectivity index (χ0n) is 17.0. The number of hydrogen-bond donors (Lipinski definition) is 1. The molecule has 1 saturated heterocycles. The van der Waals surface area contributed by atoms with Crippen LogP contribution in [0, 0.1) is 5.92 Å². The number of carbonyl (C=O) groups is 1. The van der Waals surface area contributed by atoms with E-state index in [9.17, 15) is 4.79 Å². The van der Waals surface area contributed by atoms with Crippen molar-refractivity contribution < 1.29 is 4.79 Å². The molecule has 0 bridgehead atoms. The number of piperidine rings is 1. The maximum atomic E-state index is 13.4. The van der Waals surface area contributed by atoms with Crippen LogP contribution in [-0.4, -0.2) is 30.9 Å². The first-order valence-corrected chi connectivity index (χ1v) is 11.9. The summed E-state index contributed by atoms with van der Waals surface area (Å²) in [7, 11) is 2.14. The van der Waals surface area contributed by atoms with Crippen LogP contribution in [-0.2, 0) is 10.2 Å². The molecule has 0 spiro atoms. The van der Waals surface area contributed by atoms with Gasteiger partial charge in [0.05, 0.1) is 6.04 Å². The highest BCUT2D eigenvalue weighted by Gasteiger charge is 2.43. The fourth-order valence-electron chi connectivity index (χ4n) is 4.29. The van der Waals surface area contributed by atoms with E-state index in [1.54, 1.807) is 0 Å². The molecule has 0 aliphatic carbocycles. The Bertz CT molecular complexity index is 861. The first kappa shape index (κ1) is 22.8. The third-order valence-electron chi connectivity index (χ3n) is 6.24. The highest BCUT2D eigenvalue weighted by molar-refractivity contribution is 9.11. The monoisotopic (exact) mass is 540 g/mol. The summed E-state index contributed by atoms with van der Waals surface area (Å²) in [5.41, 5.74) is 2.02. The van der Waals surface area contributed by atoms with Gasteiger partial charge in [0.25, 0.3) is 0 Å². The lowest BCUT2D eigenvalue weighted by Gasteiger charge is -2.45. The zero-order chi connectivity index (χ0) is 21.2. The second kappa shape index (κ2) is 9.51. The lowest BCUT2D eigenvalue weighted by Crippen LogP contribution is -2.50. The molecule has 2 aromatic carbocycles. The molecule has 1 N–H and O–H groups in total. The quantitative estimate of drug-likeness (QED) is 0.478. The number of rotatable bonds is 5. The van der Waals surface area contributed by atoms with E-state index < -0.39 is 0 Å². The molecule has 6 heteroatoms. The minimum absolute atomic E-state index is 0.0816. The number of hydrogen-bond acceptors (Lipinski definition) is 2. The van der Waals surface area contributed by atoms with Crippen LogP contribution >= 0.6 is 43.5 Å². The molecule has 1 heterocycles. The van der Waals surface area contributed by atoms with Gasteiger partial charge in [-0.3, -0.25) is 4.79 Å². The van der Waals surface area contributed by atoms with Gasteiger partial charge >= 0.3 is 0 Å². The maximum Gasteiger partial charge on any atom is 0.224 e. The summed E-state index contributed by atoms with van der Waals surface area (Å²) in [6.07, 6.45) is 1.88. The molecule has 0 saturated carbocycles. The summed E-state index contributed by atoms with van der Waals surface area (Å²) in [4.78, 5) is 15.7. The Kier molecular flexibility index (Phi) is 7.47. The van der Waals surface area contributed by atoms with Crippen LogP contribution in [0.15, 0.2) is 51.4 Å². The highest BCUT2D eigenvalue weighted by atomic mass is 79.9. The van der Waals surface area contributed by atoms with Crippen LogP contribution in [0.3, 0.4) is 0 Å². The van der Waals surface area contributed by atoms with E-state index in [0.29, 0.717) is 0 Å². The summed E-state index contributed by atoms with van der Waals surface area (Å²) >= 11 is 13.4.